The fourth-order valence-electron chi connectivity index (χ4n) is 4.01. The van der Waals surface area contributed by atoms with Gasteiger partial charge in [-0.05, 0) is 43.2 Å². The van der Waals surface area contributed by atoms with E-state index in [1.54, 1.807) is 0 Å². The van der Waals surface area contributed by atoms with Crippen molar-refractivity contribution < 1.29 is 9.59 Å². The highest BCUT2D eigenvalue weighted by Crippen LogP contribution is 2.30. The fourth-order valence-corrected chi connectivity index (χ4v) is 4.01. The van der Waals surface area contributed by atoms with Crippen LogP contribution >= 0.6 is 0 Å². The molecule has 1 atom stereocenters. The maximum absolute atomic E-state index is 12.7. The fraction of sp³-hybridized carbons (Fsp3) is 0.619. The Kier molecular flexibility index (Phi) is 5.16. The number of carbonyl (C=O) groups excluding carboxylic acids is 2. The molecule has 3 rings (SSSR count). The second-order valence-electron chi connectivity index (χ2n) is 8.47. The van der Waals surface area contributed by atoms with Gasteiger partial charge in [-0.1, -0.05) is 45.0 Å². The monoisotopic (exact) mass is 342 g/mol. The van der Waals surface area contributed by atoms with Crippen LogP contribution in [0.5, 0.6) is 0 Å². The third-order valence-electron chi connectivity index (χ3n) is 5.48. The van der Waals surface area contributed by atoms with Gasteiger partial charge in [-0.2, -0.15) is 0 Å². The molecule has 0 aromatic heterocycles. The quantitative estimate of drug-likeness (QED) is 0.895. The van der Waals surface area contributed by atoms with Gasteiger partial charge in [-0.25, -0.2) is 0 Å². The molecule has 25 heavy (non-hydrogen) atoms. The molecule has 2 amide bonds. The third kappa shape index (κ3) is 4.05. The lowest BCUT2D eigenvalue weighted by atomic mass is 9.86. The number of aryl methyl sites for hydroxylation is 1. The van der Waals surface area contributed by atoms with Crippen molar-refractivity contribution in [3.05, 3.63) is 35.4 Å². The van der Waals surface area contributed by atoms with Crippen LogP contribution in [0.15, 0.2) is 24.3 Å². The van der Waals surface area contributed by atoms with E-state index in [-0.39, 0.29) is 29.2 Å². The molecule has 4 heteroatoms. The molecule has 0 saturated carbocycles. The zero-order valence-electron chi connectivity index (χ0n) is 15.7. The van der Waals surface area contributed by atoms with Gasteiger partial charge in [0.15, 0.2) is 0 Å². The molecule has 0 spiro atoms. The number of nitrogens with zero attached hydrogens (tertiary/aromatic N) is 1. The first kappa shape index (κ1) is 18.0. The van der Waals surface area contributed by atoms with Crippen molar-refractivity contribution in [3.8, 4) is 0 Å². The summed E-state index contributed by atoms with van der Waals surface area (Å²) in [5.74, 6) is 0.371. The van der Waals surface area contributed by atoms with Gasteiger partial charge < -0.3 is 10.2 Å². The number of benzene rings is 1. The summed E-state index contributed by atoms with van der Waals surface area (Å²) in [5, 5.41) is 3.28. The van der Waals surface area contributed by atoms with Gasteiger partial charge in [-0.3, -0.25) is 9.59 Å². The lowest BCUT2D eigenvalue weighted by molar-refractivity contribution is -0.142. The van der Waals surface area contributed by atoms with Crippen LogP contribution in [0.1, 0.15) is 63.6 Å². The van der Waals surface area contributed by atoms with Crippen molar-refractivity contribution >= 4 is 11.8 Å². The predicted molar refractivity (Wildman–Crippen MR) is 99.0 cm³/mol. The molecule has 136 valence electrons. The van der Waals surface area contributed by atoms with E-state index < -0.39 is 0 Å². The first-order chi connectivity index (χ1) is 11.9. The van der Waals surface area contributed by atoms with Crippen molar-refractivity contribution in [1.82, 2.24) is 10.2 Å². The average molecular weight is 342 g/mol. The molecule has 0 radical (unpaired) electrons. The van der Waals surface area contributed by atoms with Crippen LogP contribution in [0.25, 0.3) is 0 Å². The first-order valence-corrected chi connectivity index (χ1v) is 9.54. The molecule has 1 aliphatic heterocycles. The van der Waals surface area contributed by atoms with Gasteiger partial charge in [-0.15, -0.1) is 0 Å². The molecular weight excluding hydrogens is 312 g/mol. The molecule has 1 aromatic carbocycles. The number of carbonyl (C=O) groups is 2. The largest absolute Gasteiger partial charge is 0.349 e. The van der Waals surface area contributed by atoms with Crippen molar-refractivity contribution in [2.75, 3.05) is 13.1 Å². The SMILES string of the molecule is CC(C)(C)C(=O)N1CCC(C(=O)N[C@@H]2CCCc3ccccc32)CC1. The Morgan fingerprint density at radius 2 is 1.76 bits per heavy atom. The van der Waals surface area contributed by atoms with Crippen molar-refractivity contribution in [1.29, 1.82) is 0 Å². The van der Waals surface area contributed by atoms with E-state index in [0.29, 0.717) is 13.1 Å². The molecule has 2 aliphatic rings. The molecule has 0 bridgehead atoms. The van der Waals surface area contributed by atoms with Gasteiger partial charge in [0, 0.05) is 24.4 Å². The first-order valence-electron chi connectivity index (χ1n) is 9.54. The number of hydrogen-bond acceptors (Lipinski definition) is 2. The summed E-state index contributed by atoms with van der Waals surface area (Å²) in [4.78, 5) is 27.0. The van der Waals surface area contributed by atoms with Gasteiger partial charge in [0.1, 0.15) is 0 Å². The van der Waals surface area contributed by atoms with Crippen LogP contribution in [0.4, 0.5) is 0 Å². The van der Waals surface area contributed by atoms with Crippen LogP contribution in [0.3, 0.4) is 0 Å². The van der Waals surface area contributed by atoms with Gasteiger partial charge in [0.05, 0.1) is 6.04 Å². The Morgan fingerprint density at radius 1 is 1.08 bits per heavy atom. The highest BCUT2D eigenvalue weighted by Gasteiger charge is 2.33. The molecular formula is C21H30N2O2. The zero-order valence-corrected chi connectivity index (χ0v) is 15.7. The normalized spacial score (nSPS) is 21.6. The summed E-state index contributed by atoms with van der Waals surface area (Å²) in [7, 11) is 0. The van der Waals surface area contributed by atoms with Gasteiger partial charge in [0.2, 0.25) is 11.8 Å². The minimum atomic E-state index is -0.346. The Hall–Kier alpha value is -1.84. The van der Waals surface area contributed by atoms with Crippen molar-refractivity contribution in [2.24, 2.45) is 11.3 Å². The Labute approximate surface area is 151 Å². The lowest BCUT2D eigenvalue weighted by Crippen LogP contribution is -2.47. The maximum Gasteiger partial charge on any atom is 0.227 e. The smallest absolute Gasteiger partial charge is 0.227 e. The van der Waals surface area contributed by atoms with E-state index in [4.69, 9.17) is 0 Å². The summed E-state index contributed by atoms with van der Waals surface area (Å²) >= 11 is 0. The number of nitrogens with one attached hydrogen (secondary N) is 1. The number of fused-ring (bicyclic) bond motifs is 1. The molecule has 1 heterocycles. The maximum atomic E-state index is 12.7. The average Bonchev–Trinajstić information content (AvgIpc) is 2.61. The summed E-state index contributed by atoms with van der Waals surface area (Å²) in [6.45, 7) is 7.24. The Bertz CT molecular complexity index is 640. The summed E-state index contributed by atoms with van der Waals surface area (Å²) in [6, 6.07) is 8.59. The second-order valence-corrected chi connectivity index (χ2v) is 8.47. The van der Waals surface area contributed by atoms with Gasteiger partial charge in [0.25, 0.3) is 0 Å². The van der Waals surface area contributed by atoms with E-state index in [0.717, 1.165) is 32.1 Å². The molecule has 1 aromatic rings. The number of likely N-dealkylation sites (tertiary alicyclic amines) is 1. The Balaban J connectivity index is 1.57. The van der Waals surface area contributed by atoms with Gasteiger partial charge >= 0.3 is 0 Å². The second kappa shape index (κ2) is 7.19. The number of amides is 2. The van der Waals surface area contributed by atoms with E-state index in [2.05, 4.69) is 29.6 Å². The molecule has 1 fully saturated rings. The predicted octanol–water partition coefficient (Wildman–Crippen LogP) is 3.46. The van der Waals surface area contributed by atoms with Crippen LogP contribution in [-0.4, -0.2) is 29.8 Å². The molecule has 1 aliphatic carbocycles. The summed E-state index contributed by atoms with van der Waals surface area (Å²) < 4.78 is 0. The zero-order chi connectivity index (χ0) is 18.0. The standard InChI is InChI=1S/C21H30N2O2/c1-21(2,3)20(25)23-13-11-16(12-14-23)19(24)22-18-10-6-8-15-7-4-5-9-17(15)18/h4-5,7,9,16,18H,6,8,10-14H2,1-3H3,(H,22,24)/t18-/m1/s1. The Morgan fingerprint density at radius 3 is 2.44 bits per heavy atom. The van der Waals surface area contributed by atoms with Crippen LogP contribution in [0.2, 0.25) is 0 Å². The number of rotatable bonds is 2. The minimum Gasteiger partial charge on any atom is -0.349 e. The van der Waals surface area contributed by atoms with E-state index in [1.165, 1.54) is 11.1 Å². The summed E-state index contributed by atoms with van der Waals surface area (Å²) in [5.41, 5.74) is 2.30. The van der Waals surface area contributed by atoms with Crippen molar-refractivity contribution in [2.45, 2.75) is 58.9 Å². The van der Waals surface area contributed by atoms with E-state index >= 15 is 0 Å². The molecule has 4 nitrogen and oxygen atoms in total. The van der Waals surface area contributed by atoms with E-state index in [9.17, 15) is 9.59 Å². The lowest BCUT2D eigenvalue weighted by Gasteiger charge is -2.36. The molecule has 1 N–H and O–H groups in total. The highest BCUT2D eigenvalue weighted by atomic mass is 16.2. The van der Waals surface area contributed by atoms with E-state index in [1.807, 2.05) is 25.7 Å². The van der Waals surface area contributed by atoms with Crippen LogP contribution < -0.4 is 5.32 Å². The van der Waals surface area contributed by atoms with Crippen molar-refractivity contribution in [3.63, 3.8) is 0 Å². The van der Waals surface area contributed by atoms with Crippen LogP contribution in [0, 0.1) is 11.3 Å². The highest BCUT2D eigenvalue weighted by molar-refractivity contribution is 5.83. The number of hydrogen-bond donors (Lipinski definition) is 1. The topological polar surface area (TPSA) is 49.4 Å². The molecule has 0 unspecified atom stereocenters. The number of piperidine rings is 1. The third-order valence-corrected chi connectivity index (χ3v) is 5.48. The summed E-state index contributed by atoms with van der Waals surface area (Å²) in [6.07, 6.45) is 4.78. The van der Waals surface area contributed by atoms with Crippen LogP contribution in [-0.2, 0) is 16.0 Å². The minimum absolute atomic E-state index is 0.0260. The molecule has 1 saturated heterocycles.